The highest BCUT2D eigenvalue weighted by molar-refractivity contribution is 5.84. The summed E-state index contributed by atoms with van der Waals surface area (Å²) in [6.07, 6.45) is 0.528. The van der Waals surface area contributed by atoms with Crippen molar-refractivity contribution in [3.8, 4) is 11.1 Å². The average molecular weight is 801 g/mol. The van der Waals surface area contributed by atoms with Gasteiger partial charge in [0, 0.05) is 34.1 Å². The fourth-order valence-corrected chi connectivity index (χ4v) is 7.42. The van der Waals surface area contributed by atoms with Crippen LogP contribution in [-0.4, -0.2) is 50.6 Å². The van der Waals surface area contributed by atoms with Crippen LogP contribution in [0.4, 0.5) is 34.1 Å². The molecule has 0 amide bonds. The molecule has 0 radical (unpaired) electrons. The van der Waals surface area contributed by atoms with Crippen LogP contribution in [0, 0.1) is 41.5 Å². The highest BCUT2D eigenvalue weighted by Crippen LogP contribution is 2.41. The molecule has 6 aromatic carbocycles. The van der Waals surface area contributed by atoms with E-state index in [1.807, 2.05) is 24.3 Å². The maximum Gasteiger partial charge on any atom is 0.310 e. The van der Waals surface area contributed by atoms with Gasteiger partial charge in [-0.15, -0.1) is 0 Å². The molecule has 0 saturated carbocycles. The van der Waals surface area contributed by atoms with E-state index in [1.165, 1.54) is 22.3 Å². The van der Waals surface area contributed by atoms with E-state index in [1.54, 1.807) is 0 Å². The van der Waals surface area contributed by atoms with E-state index in [0.29, 0.717) is 26.4 Å². The number of rotatable bonds is 15. The number of carbonyl (C=O) groups is 2. The van der Waals surface area contributed by atoms with Crippen molar-refractivity contribution >= 4 is 46.1 Å². The lowest BCUT2D eigenvalue weighted by molar-refractivity contribution is -0.144. The molecule has 0 N–H and O–H groups in total. The van der Waals surface area contributed by atoms with Crippen LogP contribution in [0.3, 0.4) is 0 Å². The van der Waals surface area contributed by atoms with Crippen LogP contribution in [0.1, 0.15) is 44.5 Å². The molecule has 0 spiro atoms. The number of hydrogen-bond acceptors (Lipinski definition) is 8. The molecular formula is C52H52N2O6. The predicted octanol–water partition coefficient (Wildman–Crippen LogP) is 11.1. The van der Waals surface area contributed by atoms with Gasteiger partial charge in [0.05, 0.1) is 26.1 Å². The fourth-order valence-electron chi connectivity index (χ4n) is 7.42. The van der Waals surface area contributed by atoms with Gasteiger partial charge in [0.2, 0.25) is 0 Å². The molecule has 6 aromatic rings. The van der Waals surface area contributed by atoms with Crippen molar-refractivity contribution in [2.75, 3.05) is 36.2 Å². The Balaban J connectivity index is 1.07. The first-order valence-corrected chi connectivity index (χ1v) is 20.7. The van der Waals surface area contributed by atoms with Gasteiger partial charge in [0.25, 0.3) is 0 Å². The predicted molar refractivity (Wildman–Crippen MR) is 238 cm³/mol. The molecule has 8 nitrogen and oxygen atoms in total. The summed E-state index contributed by atoms with van der Waals surface area (Å²) < 4.78 is 21.1. The second-order valence-electron chi connectivity index (χ2n) is 16.2. The molecule has 2 saturated heterocycles. The molecule has 306 valence electrons. The highest BCUT2D eigenvalue weighted by Gasteiger charge is 2.25. The second kappa shape index (κ2) is 17.6. The van der Waals surface area contributed by atoms with Crippen molar-refractivity contribution in [1.82, 2.24) is 0 Å². The van der Waals surface area contributed by atoms with Crippen LogP contribution in [0.25, 0.3) is 11.1 Å². The third-order valence-corrected chi connectivity index (χ3v) is 11.5. The lowest BCUT2D eigenvalue weighted by Crippen LogP contribution is -2.13. The minimum Gasteiger partial charge on any atom is -0.463 e. The third-order valence-electron chi connectivity index (χ3n) is 11.5. The van der Waals surface area contributed by atoms with Crippen molar-refractivity contribution in [1.29, 1.82) is 0 Å². The third kappa shape index (κ3) is 9.63. The summed E-state index contributed by atoms with van der Waals surface area (Å²) in [5.41, 5.74) is 17.5. The van der Waals surface area contributed by atoms with Gasteiger partial charge in [-0.2, -0.15) is 0 Å². The Morgan fingerprint density at radius 2 is 0.833 bits per heavy atom. The number of aryl methyl sites for hydroxylation is 6. The zero-order chi connectivity index (χ0) is 41.9. The molecule has 2 aliphatic heterocycles. The first-order chi connectivity index (χ1) is 29.0. The van der Waals surface area contributed by atoms with Crippen LogP contribution >= 0.6 is 0 Å². The number of ether oxygens (including phenoxy) is 4. The SMILES string of the molecule is Cc1ccc(N(c2ccc(CC(=O)OCC3CO3)cc2)c2ccc(-c3ccc(N(c4ccc(CC(=O)OCC5CO5)cc4)c4ccc(C)c(C)c4)c(C)c3)cc2C)cc1C. The number of benzene rings is 6. The van der Waals surface area contributed by atoms with Crippen LogP contribution in [0.15, 0.2) is 121 Å². The zero-order valence-corrected chi connectivity index (χ0v) is 35.3. The maximum absolute atomic E-state index is 12.5. The number of carbonyl (C=O) groups excluding carboxylic acids is 2. The van der Waals surface area contributed by atoms with Gasteiger partial charge in [0.1, 0.15) is 25.4 Å². The van der Waals surface area contributed by atoms with Crippen LogP contribution in [-0.2, 0) is 41.4 Å². The van der Waals surface area contributed by atoms with Crippen molar-refractivity contribution in [2.45, 2.75) is 66.6 Å². The van der Waals surface area contributed by atoms with Gasteiger partial charge >= 0.3 is 11.9 Å². The summed E-state index contributed by atoms with van der Waals surface area (Å²) >= 11 is 0. The lowest BCUT2D eigenvalue weighted by Gasteiger charge is -2.29. The maximum atomic E-state index is 12.5. The quantitative estimate of drug-likeness (QED) is 0.0750. The minimum atomic E-state index is -0.248. The number of nitrogens with zero attached hydrogens (tertiary/aromatic N) is 2. The fraction of sp³-hybridized carbons (Fsp3) is 0.269. The molecule has 2 aliphatic rings. The average Bonchev–Trinajstić information content (AvgIpc) is 4.18. The van der Waals surface area contributed by atoms with Gasteiger partial charge < -0.3 is 28.7 Å². The first kappa shape index (κ1) is 40.6. The molecule has 2 atom stereocenters. The molecule has 8 rings (SSSR count). The van der Waals surface area contributed by atoms with Crippen molar-refractivity contribution < 1.29 is 28.5 Å². The number of hydrogen-bond donors (Lipinski definition) is 0. The Bertz CT molecular complexity index is 2340. The van der Waals surface area contributed by atoms with Gasteiger partial charge in [0.15, 0.2) is 0 Å². The van der Waals surface area contributed by atoms with Crippen LogP contribution in [0.2, 0.25) is 0 Å². The summed E-state index contributed by atoms with van der Waals surface area (Å²) in [5.74, 6) is -0.496. The second-order valence-corrected chi connectivity index (χ2v) is 16.2. The standard InChI is InChI=1S/C52H52N2O6/c1-33-7-15-45(25-35(33)3)53(43-17-9-39(10-18-43)27-51(55)59-31-47-29-57-47)49-21-13-41(23-37(49)5)42-14-22-50(38(6)24-42)54(46-16-8-34(2)36(4)26-46)44-19-11-40(12-20-44)28-52(56)60-32-48-30-58-48/h7-26,47-48H,27-32H2,1-6H3. The Morgan fingerprint density at radius 1 is 0.467 bits per heavy atom. The van der Waals surface area contributed by atoms with E-state index in [2.05, 4.69) is 148 Å². The summed E-state index contributed by atoms with van der Waals surface area (Å²) in [6, 6.07) is 42.7. The molecule has 2 unspecified atom stereocenters. The Kier molecular flexibility index (Phi) is 11.9. The van der Waals surface area contributed by atoms with Crippen LogP contribution in [0.5, 0.6) is 0 Å². The Hall–Kier alpha value is -6.22. The number of epoxide rings is 2. The molecular weight excluding hydrogens is 749 g/mol. The molecule has 2 heterocycles. The minimum absolute atomic E-state index is 0.0494. The molecule has 0 bridgehead atoms. The zero-order valence-electron chi connectivity index (χ0n) is 35.3. The molecule has 2 fully saturated rings. The van der Waals surface area contributed by atoms with Gasteiger partial charge in [-0.3, -0.25) is 9.59 Å². The van der Waals surface area contributed by atoms with Gasteiger partial charge in [-0.25, -0.2) is 0 Å². The summed E-state index contributed by atoms with van der Waals surface area (Å²) in [5, 5.41) is 0. The van der Waals surface area contributed by atoms with Crippen molar-refractivity contribution in [3.05, 3.63) is 166 Å². The van der Waals surface area contributed by atoms with E-state index in [9.17, 15) is 9.59 Å². The topological polar surface area (TPSA) is 84.1 Å². The monoisotopic (exact) mass is 800 g/mol. The largest absolute Gasteiger partial charge is 0.463 e. The van der Waals surface area contributed by atoms with E-state index >= 15 is 0 Å². The lowest BCUT2D eigenvalue weighted by atomic mass is 9.98. The van der Waals surface area contributed by atoms with E-state index in [-0.39, 0.29) is 37.0 Å². The van der Waals surface area contributed by atoms with E-state index < -0.39 is 0 Å². The van der Waals surface area contributed by atoms with E-state index in [4.69, 9.17) is 18.9 Å². The van der Waals surface area contributed by atoms with Gasteiger partial charge in [-0.1, -0.05) is 48.5 Å². The Morgan fingerprint density at radius 3 is 1.17 bits per heavy atom. The molecule has 0 aliphatic carbocycles. The van der Waals surface area contributed by atoms with Crippen molar-refractivity contribution in [2.24, 2.45) is 0 Å². The first-order valence-electron chi connectivity index (χ1n) is 20.7. The molecule has 60 heavy (non-hydrogen) atoms. The summed E-state index contributed by atoms with van der Waals surface area (Å²) in [6.45, 7) is 14.8. The van der Waals surface area contributed by atoms with E-state index in [0.717, 1.165) is 67.5 Å². The number of anilines is 6. The summed E-state index contributed by atoms with van der Waals surface area (Å²) in [4.78, 5) is 29.5. The normalized spacial score (nSPS) is 15.3. The smallest absolute Gasteiger partial charge is 0.310 e. The Labute approximate surface area is 353 Å². The molecule has 8 heteroatoms. The summed E-state index contributed by atoms with van der Waals surface area (Å²) in [7, 11) is 0. The highest BCUT2D eigenvalue weighted by atomic mass is 16.6. The van der Waals surface area contributed by atoms with Crippen molar-refractivity contribution in [3.63, 3.8) is 0 Å². The van der Waals surface area contributed by atoms with Gasteiger partial charge in [-0.05, 0) is 170 Å². The van der Waals surface area contributed by atoms with Crippen LogP contribution < -0.4 is 9.80 Å². The number of esters is 2. The molecule has 0 aromatic heterocycles.